The molecule has 0 N–H and O–H groups in total. The predicted molar refractivity (Wildman–Crippen MR) is 112 cm³/mol. The van der Waals surface area contributed by atoms with Gasteiger partial charge in [0.15, 0.2) is 0 Å². The Morgan fingerprint density at radius 1 is 1.07 bits per heavy atom. The van der Waals surface area contributed by atoms with Crippen molar-refractivity contribution in [3.63, 3.8) is 0 Å². The van der Waals surface area contributed by atoms with Gasteiger partial charge in [0.1, 0.15) is 5.82 Å². The molecule has 0 saturated carbocycles. The molecule has 0 bridgehead atoms. The summed E-state index contributed by atoms with van der Waals surface area (Å²) in [6, 6.07) is 5.89. The van der Waals surface area contributed by atoms with Crippen LogP contribution < -0.4 is 0 Å². The Morgan fingerprint density at radius 2 is 1.86 bits per heavy atom. The third kappa shape index (κ3) is 4.21. The zero-order valence-corrected chi connectivity index (χ0v) is 17.1. The van der Waals surface area contributed by atoms with E-state index in [2.05, 4.69) is 32.5 Å². The number of carbonyl (C=O) groups is 1. The average Bonchev–Trinajstić information content (AvgIpc) is 3.13. The Bertz CT molecular complexity index is 974. The molecule has 0 spiro atoms. The smallest absolute Gasteiger partial charge is 0.255 e. The Hall–Kier alpha value is -3.02. The molecule has 3 aromatic heterocycles. The summed E-state index contributed by atoms with van der Waals surface area (Å²) in [6.45, 7) is 6.64. The van der Waals surface area contributed by atoms with Crippen molar-refractivity contribution in [2.24, 2.45) is 5.92 Å². The van der Waals surface area contributed by atoms with Crippen LogP contribution in [0.3, 0.4) is 0 Å². The van der Waals surface area contributed by atoms with Gasteiger partial charge in [-0.2, -0.15) is 0 Å². The van der Waals surface area contributed by atoms with Crippen molar-refractivity contribution in [3.8, 4) is 11.4 Å². The van der Waals surface area contributed by atoms with E-state index in [9.17, 15) is 4.79 Å². The number of pyridine rings is 2. The summed E-state index contributed by atoms with van der Waals surface area (Å²) >= 11 is 0. The van der Waals surface area contributed by atoms with Crippen LogP contribution in [-0.4, -0.2) is 43.4 Å². The fourth-order valence-electron chi connectivity index (χ4n) is 4.06. The van der Waals surface area contributed by atoms with Crippen molar-refractivity contribution in [2.45, 2.75) is 39.7 Å². The van der Waals surface area contributed by atoms with E-state index in [-0.39, 0.29) is 5.91 Å². The van der Waals surface area contributed by atoms with Crippen LogP contribution in [0, 0.1) is 19.8 Å². The lowest BCUT2D eigenvalue weighted by molar-refractivity contribution is 0.0683. The number of hydrogen-bond donors (Lipinski definition) is 0. The molecule has 6 nitrogen and oxygen atoms in total. The lowest BCUT2D eigenvalue weighted by Gasteiger charge is -2.32. The molecule has 0 radical (unpaired) electrons. The van der Waals surface area contributed by atoms with Gasteiger partial charge < -0.3 is 9.47 Å². The van der Waals surface area contributed by atoms with E-state index in [1.807, 2.05) is 36.4 Å². The number of rotatable bonds is 5. The summed E-state index contributed by atoms with van der Waals surface area (Å²) < 4.78 is 2.29. The summed E-state index contributed by atoms with van der Waals surface area (Å²) in [6.07, 6.45) is 12.2. The van der Waals surface area contributed by atoms with Crippen molar-refractivity contribution >= 4 is 5.91 Å². The lowest BCUT2D eigenvalue weighted by atomic mass is 9.93. The van der Waals surface area contributed by atoms with Crippen LogP contribution in [0.1, 0.15) is 40.9 Å². The highest BCUT2D eigenvalue weighted by molar-refractivity contribution is 5.95. The fraction of sp³-hybridized carbons (Fsp3) is 0.391. The molecule has 0 atom stereocenters. The monoisotopic (exact) mass is 389 g/mol. The number of hydrogen-bond acceptors (Lipinski definition) is 4. The molecule has 4 rings (SSSR count). The SMILES string of the molecule is Cc1ccncc1C(=O)N1CCC(CCn2c(C)cnc2-c2cccnc2)CC1. The van der Waals surface area contributed by atoms with E-state index in [0.717, 1.165) is 61.4 Å². The summed E-state index contributed by atoms with van der Waals surface area (Å²) in [5.74, 6) is 1.71. The lowest BCUT2D eigenvalue weighted by Crippen LogP contribution is -2.39. The van der Waals surface area contributed by atoms with Gasteiger partial charge in [0.25, 0.3) is 5.91 Å². The fourth-order valence-corrected chi connectivity index (χ4v) is 4.06. The molecule has 1 aliphatic heterocycles. The molecule has 0 aliphatic carbocycles. The van der Waals surface area contributed by atoms with Crippen LogP contribution in [0.25, 0.3) is 11.4 Å². The second-order valence-electron chi connectivity index (χ2n) is 7.83. The molecule has 4 heterocycles. The van der Waals surface area contributed by atoms with Gasteiger partial charge in [-0.05, 0) is 62.8 Å². The topological polar surface area (TPSA) is 63.9 Å². The molecule has 1 saturated heterocycles. The minimum absolute atomic E-state index is 0.110. The molecular weight excluding hydrogens is 362 g/mol. The van der Waals surface area contributed by atoms with E-state index in [1.54, 1.807) is 18.6 Å². The molecule has 0 unspecified atom stereocenters. The molecule has 1 aliphatic rings. The van der Waals surface area contributed by atoms with Gasteiger partial charge in [0, 0.05) is 61.9 Å². The van der Waals surface area contributed by atoms with Crippen LogP contribution >= 0.6 is 0 Å². The van der Waals surface area contributed by atoms with Gasteiger partial charge >= 0.3 is 0 Å². The number of nitrogens with zero attached hydrogens (tertiary/aromatic N) is 5. The maximum atomic E-state index is 12.8. The first-order valence-corrected chi connectivity index (χ1v) is 10.3. The molecule has 29 heavy (non-hydrogen) atoms. The molecule has 150 valence electrons. The van der Waals surface area contributed by atoms with Crippen molar-refractivity contribution in [3.05, 3.63) is 66.0 Å². The maximum Gasteiger partial charge on any atom is 0.255 e. The predicted octanol–water partition coefficient (Wildman–Crippen LogP) is 3.90. The molecule has 1 amide bonds. The first-order valence-electron chi connectivity index (χ1n) is 10.3. The van der Waals surface area contributed by atoms with E-state index >= 15 is 0 Å². The second kappa shape index (κ2) is 8.55. The molecule has 0 aromatic carbocycles. The van der Waals surface area contributed by atoms with Crippen molar-refractivity contribution in [1.82, 2.24) is 24.4 Å². The molecular formula is C23H27N5O. The first kappa shape index (κ1) is 19.3. The zero-order chi connectivity index (χ0) is 20.2. The number of imidazole rings is 1. The van der Waals surface area contributed by atoms with Crippen molar-refractivity contribution in [2.75, 3.05) is 13.1 Å². The van der Waals surface area contributed by atoms with Crippen LogP contribution in [0.2, 0.25) is 0 Å². The van der Waals surface area contributed by atoms with Crippen molar-refractivity contribution in [1.29, 1.82) is 0 Å². The van der Waals surface area contributed by atoms with Crippen LogP contribution in [0.4, 0.5) is 0 Å². The quantitative estimate of drug-likeness (QED) is 0.664. The standard InChI is InChI=1S/C23H27N5O/c1-17-5-10-25-16-21(17)23(29)27-11-6-19(7-12-27)8-13-28-18(2)14-26-22(28)20-4-3-9-24-15-20/h3-5,9-10,14-16,19H,6-8,11-13H2,1-2H3. The minimum atomic E-state index is 0.110. The summed E-state index contributed by atoms with van der Waals surface area (Å²) in [4.78, 5) is 27.7. The minimum Gasteiger partial charge on any atom is -0.339 e. The number of likely N-dealkylation sites (tertiary alicyclic amines) is 1. The van der Waals surface area contributed by atoms with E-state index in [4.69, 9.17) is 0 Å². The van der Waals surface area contributed by atoms with E-state index in [1.165, 1.54) is 5.69 Å². The Morgan fingerprint density at radius 3 is 2.59 bits per heavy atom. The molecule has 6 heteroatoms. The van der Waals surface area contributed by atoms with Gasteiger partial charge in [-0.25, -0.2) is 4.98 Å². The van der Waals surface area contributed by atoms with Gasteiger partial charge in [0.2, 0.25) is 0 Å². The Labute approximate surface area is 171 Å². The number of piperidine rings is 1. The van der Waals surface area contributed by atoms with E-state index < -0.39 is 0 Å². The van der Waals surface area contributed by atoms with Gasteiger partial charge in [-0.3, -0.25) is 14.8 Å². The maximum absolute atomic E-state index is 12.8. The summed E-state index contributed by atoms with van der Waals surface area (Å²) in [7, 11) is 0. The second-order valence-corrected chi connectivity index (χ2v) is 7.83. The number of amides is 1. The highest BCUT2D eigenvalue weighted by atomic mass is 16.2. The third-order valence-electron chi connectivity index (χ3n) is 5.91. The van der Waals surface area contributed by atoms with Gasteiger partial charge in [-0.15, -0.1) is 0 Å². The van der Waals surface area contributed by atoms with E-state index in [0.29, 0.717) is 5.92 Å². The number of carbonyl (C=O) groups excluding carboxylic acids is 1. The third-order valence-corrected chi connectivity index (χ3v) is 5.91. The molecule has 1 fully saturated rings. The van der Waals surface area contributed by atoms with Crippen LogP contribution in [0.5, 0.6) is 0 Å². The zero-order valence-electron chi connectivity index (χ0n) is 17.1. The summed E-state index contributed by atoms with van der Waals surface area (Å²) in [5, 5.41) is 0. The normalized spacial score (nSPS) is 14.9. The highest BCUT2D eigenvalue weighted by Crippen LogP contribution is 2.25. The largest absolute Gasteiger partial charge is 0.339 e. The molecule has 3 aromatic rings. The van der Waals surface area contributed by atoms with Gasteiger partial charge in [-0.1, -0.05) is 0 Å². The average molecular weight is 390 g/mol. The highest BCUT2D eigenvalue weighted by Gasteiger charge is 2.25. The number of aromatic nitrogens is 4. The van der Waals surface area contributed by atoms with Crippen molar-refractivity contribution < 1.29 is 4.79 Å². The Kier molecular flexibility index (Phi) is 5.69. The Balaban J connectivity index is 1.35. The van der Waals surface area contributed by atoms with Crippen LogP contribution in [-0.2, 0) is 6.54 Å². The van der Waals surface area contributed by atoms with Crippen LogP contribution in [0.15, 0.2) is 49.2 Å². The summed E-state index contributed by atoms with van der Waals surface area (Å²) in [5.41, 5.74) is 3.93. The first-order chi connectivity index (χ1) is 14.1. The number of aryl methyl sites for hydroxylation is 2. The van der Waals surface area contributed by atoms with Gasteiger partial charge in [0.05, 0.1) is 5.56 Å².